The Kier molecular flexibility index (Phi) is 4.83. The molecule has 5 nitrogen and oxygen atoms in total. The maximum absolute atomic E-state index is 12.2. The zero-order chi connectivity index (χ0) is 15.3. The standard InChI is InChI=1S/C16H23N3O2/c1-2-6-13(19-15(17)21)14(20)18-11-16(9-10-16)12-7-4-3-5-8-12/h3-5,7-8,13H,2,6,9-11H2,1H3,(H,18,20)(H3,17,19,21)/t13-/m1/s1. The molecule has 1 saturated carbocycles. The number of carbonyl (C=O) groups excluding carboxylic acids is 2. The van der Waals surface area contributed by atoms with Crippen molar-refractivity contribution in [3.8, 4) is 0 Å². The molecule has 5 heteroatoms. The number of nitrogens with two attached hydrogens (primary N) is 1. The Hall–Kier alpha value is -2.04. The smallest absolute Gasteiger partial charge is 0.312 e. The van der Waals surface area contributed by atoms with E-state index < -0.39 is 12.1 Å². The normalized spacial score (nSPS) is 16.8. The van der Waals surface area contributed by atoms with Crippen LogP contribution >= 0.6 is 0 Å². The summed E-state index contributed by atoms with van der Waals surface area (Å²) < 4.78 is 0. The van der Waals surface area contributed by atoms with Gasteiger partial charge >= 0.3 is 6.03 Å². The Morgan fingerprint density at radius 3 is 2.48 bits per heavy atom. The summed E-state index contributed by atoms with van der Waals surface area (Å²) >= 11 is 0. The number of urea groups is 1. The van der Waals surface area contributed by atoms with Crippen LogP contribution in [0.15, 0.2) is 30.3 Å². The van der Waals surface area contributed by atoms with Crippen molar-refractivity contribution in [1.82, 2.24) is 10.6 Å². The molecule has 0 aromatic heterocycles. The van der Waals surface area contributed by atoms with Crippen LogP contribution in [0.4, 0.5) is 4.79 Å². The minimum Gasteiger partial charge on any atom is -0.353 e. The van der Waals surface area contributed by atoms with Crippen molar-refractivity contribution in [3.63, 3.8) is 0 Å². The highest BCUT2D eigenvalue weighted by Crippen LogP contribution is 2.47. The van der Waals surface area contributed by atoms with Gasteiger partial charge in [-0.25, -0.2) is 4.79 Å². The molecule has 2 rings (SSSR count). The number of carbonyl (C=O) groups is 2. The van der Waals surface area contributed by atoms with E-state index >= 15 is 0 Å². The molecule has 114 valence electrons. The van der Waals surface area contributed by atoms with Crippen LogP contribution in [0.1, 0.15) is 38.2 Å². The Morgan fingerprint density at radius 1 is 1.29 bits per heavy atom. The van der Waals surface area contributed by atoms with E-state index in [1.54, 1.807) is 0 Å². The highest BCUT2D eigenvalue weighted by atomic mass is 16.2. The first kappa shape index (κ1) is 15.4. The molecule has 1 aliphatic carbocycles. The van der Waals surface area contributed by atoms with Crippen molar-refractivity contribution in [2.45, 2.75) is 44.1 Å². The van der Waals surface area contributed by atoms with Crippen LogP contribution in [0.3, 0.4) is 0 Å². The minimum absolute atomic E-state index is 0.0698. The van der Waals surface area contributed by atoms with Crippen LogP contribution in [-0.2, 0) is 10.2 Å². The highest BCUT2D eigenvalue weighted by Gasteiger charge is 2.44. The van der Waals surface area contributed by atoms with Gasteiger partial charge in [-0.05, 0) is 24.8 Å². The van der Waals surface area contributed by atoms with Gasteiger partial charge in [0.2, 0.25) is 5.91 Å². The Balaban J connectivity index is 1.92. The molecular formula is C16H23N3O2. The summed E-state index contributed by atoms with van der Waals surface area (Å²) in [6.45, 7) is 2.58. The molecule has 4 N–H and O–H groups in total. The second-order valence-corrected chi connectivity index (χ2v) is 5.71. The van der Waals surface area contributed by atoms with Crippen LogP contribution in [0.2, 0.25) is 0 Å². The predicted octanol–water partition coefficient (Wildman–Crippen LogP) is 1.67. The lowest BCUT2D eigenvalue weighted by Crippen LogP contribution is -2.49. The van der Waals surface area contributed by atoms with Crippen molar-refractivity contribution in [2.75, 3.05) is 6.54 Å². The summed E-state index contributed by atoms with van der Waals surface area (Å²) in [7, 11) is 0. The molecule has 0 spiro atoms. The summed E-state index contributed by atoms with van der Waals surface area (Å²) in [4.78, 5) is 23.1. The van der Waals surface area contributed by atoms with Crippen molar-refractivity contribution >= 4 is 11.9 Å². The van der Waals surface area contributed by atoms with E-state index in [4.69, 9.17) is 5.73 Å². The van der Waals surface area contributed by atoms with Crippen LogP contribution < -0.4 is 16.4 Å². The van der Waals surface area contributed by atoms with E-state index in [-0.39, 0.29) is 11.3 Å². The van der Waals surface area contributed by atoms with Gasteiger partial charge < -0.3 is 16.4 Å². The van der Waals surface area contributed by atoms with Gasteiger partial charge in [0.15, 0.2) is 0 Å². The molecule has 0 bridgehead atoms. The number of amides is 3. The third-order valence-corrected chi connectivity index (χ3v) is 4.05. The molecule has 1 aliphatic rings. The number of hydrogen-bond donors (Lipinski definition) is 3. The van der Waals surface area contributed by atoms with Crippen LogP contribution in [0.25, 0.3) is 0 Å². The van der Waals surface area contributed by atoms with E-state index in [9.17, 15) is 9.59 Å². The van der Waals surface area contributed by atoms with Crippen molar-refractivity contribution in [2.24, 2.45) is 5.73 Å². The van der Waals surface area contributed by atoms with E-state index in [1.807, 2.05) is 25.1 Å². The topological polar surface area (TPSA) is 84.2 Å². The lowest BCUT2D eigenvalue weighted by Gasteiger charge is -2.20. The van der Waals surface area contributed by atoms with Gasteiger partial charge in [-0.15, -0.1) is 0 Å². The number of benzene rings is 1. The van der Waals surface area contributed by atoms with Gasteiger partial charge in [0, 0.05) is 12.0 Å². The second kappa shape index (κ2) is 6.61. The molecule has 1 aromatic rings. The fourth-order valence-electron chi connectivity index (χ4n) is 2.62. The average molecular weight is 289 g/mol. The molecule has 3 amide bonds. The molecule has 21 heavy (non-hydrogen) atoms. The second-order valence-electron chi connectivity index (χ2n) is 5.71. The zero-order valence-corrected chi connectivity index (χ0v) is 12.4. The molecule has 1 atom stereocenters. The molecule has 1 fully saturated rings. The summed E-state index contributed by atoms with van der Waals surface area (Å²) in [5.41, 5.74) is 6.45. The van der Waals surface area contributed by atoms with Crippen molar-refractivity contribution in [1.29, 1.82) is 0 Å². The number of nitrogens with one attached hydrogen (secondary N) is 2. The van der Waals surface area contributed by atoms with Crippen LogP contribution in [0.5, 0.6) is 0 Å². The lowest BCUT2D eigenvalue weighted by molar-refractivity contribution is -0.123. The van der Waals surface area contributed by atoms with Crippen LogP contribution in [0, 0.1) is 0 Å². The minimum atomic E-state index is -0.659. The quantitative estimate of drug-likeness (QED) is 0.713. The van der Waals surface area contributed by atoms with E-state index in [2.05, 4.69) is 22.8 Å². The van der Waals surface area contributed by atoms with Gasteiger partial charge in [0.1, 0.15) is 6.04 Å². The molecule has 0 unspecified atom stereocenters. The number of hydrogen-bond acceptors (Lipinski definition) is 2. The largest absolute Gasteiger partial charge is 0.353 e. The molecular weight excluding hydrogens is 266 g/mol. The monoisotopic (exact) mass is 289 g/mol. The maximum Gasteiger partial charge on any atom is 0.312 e. The Bertz CT molecular complexity index is 498. The fraction of sp³-hybridized carbons (Fsp3) is 0.500. The summed E-state index contributed by atoms with van der Waals surface area (Å²) in [6.07, 6.45) is 3.56. The van der Waals surface area contributed by atoms with Gasteiger partial charge in [-0.3, -0.25) is 4.79 Å². The summed E-state index contributed by atoms with van der Waals surface area (Å²) in [6, 6.07) is 9.03. The SMILES string of the molecule is CCC[C@@H](NC(N)=O)C(=O)NCC1(c2ccccc2)CC1. The summed E-state index contributed by atoms with van der Waals surface area (Å²) in [5, 5.41) is 5.47. The number of rotatable bonds is 7. The maximum atomic E-state index is 12.2. The van der Waals surface area contributed by atoms with Gasteiger partial charge in [0.25, 0.3) is 0 Å². The third kappa shape index (κ3) is 3.97. The lowest BCUT2D eigenvalue weighted by atomic mass is 9.96. The van der Waals surface area contributed by atoms with Gasteiger partial charge in [0.05, 0.1) is 0 Å². The average Bonchev–Trinajstić information content (AvgIpc) is 3.26. The van der Waals surface area contributed by atoms with E-state index in [1.165, 1.54) is 5.56 Å². The van der Waals surface area contributed by atoms with E-state index in [0.29, 0.717) is 13.0 Å². The molecule has 0 radical (unpaired) electrons. The predicted molar refractivity (Wildman–Crippen MR) is 81.8 cm³/mol. The van der Waals surface area contributed by atoms with Gasteiger partial charge in [-0.1, -0.05) is 43.7 Å². The first-order chi connectivity index (χ1) is 10.1. The molecule has 0 heterocycles. The molecule has 1 aromatic carbocycles. The Labute approximate surface area is 125 Å². The van der Waals surface area contributed by atoms with Crippen molar-refractivity contribution < 1.29 is 9.59 Å². The first-order valence-corrected chi connectivity index (χ1v) is 7.46. The fourth-order valence-corrected chi connectivity index (χ4v) is 2.62. The highest BCUT2D eigenvalue weighted by molar-refractivity contribution is 5.86. The summed E-state index contributed by atoms with van der Waals surface area (Å²) in [5.74, 6) is -0.155. The van der Waals surface area contributed by atoms with Crippen LogP contribution in [-0.4, -0.2) is 24.5 Å². The first-order valence-electron chi connectivity index (χ1n) is 7.46. The zero-order valence-electron chi connectivity index (χ0n) is 12.4. The number of primary amides is 1. The molecule has 0 saturated heterocycles. The molecule has 0 aliphatic heterocycles. The van der Waals surface area contributed by atoms with E-state index in [0.717, 1.165) is 19.3 Å². The van der Waals surface area contributed by atoms with Gasteiger partial charge in [-0.2, -0.15) is 0 Å². The van der Waals surface area contributed by atoms with Crippen molar-refractivity contribution in [3.05, 3.63) is 35.9 Å². The third-order valence-electron chi connectivity index (χ3n) is 4.05. The Morgan fingerprint density at radius 2 is 1.95 bits per heavy atom.